The van der Waals surface area contributed by atoms with Crippen LogP contribution in [0, 0.1) is 6.92 Å². The zero-order valence-corrected chi connectivity index (χ0v) is 21.4. The SMILES string of the molecule is Cc1ccc(NC(=O)c2cncc(C(C)C)c2)cc1-c1cc(N[C@H](C)CO)nc(N2CCOCC2)c1. The number of aromatic nitrogens is 2. The molecule has 3 heterocycles. The third-order valence-corrected chi connectivity index (χ3v) is 6.31. The molecule has 1 aliphatic rings. The highest BCUT2D eigenvalue weighted by atomic mass is 16.5. The normalized spacial score (nSPS) is 14.6. The molecule has 1 atom stereocenters. The first-order valence-electron chi connectivity index (χ1n) is 12.4. The average molecular weight is 490 g/mol. The fourth-order valence-corrected chi connectivity index (χ4v) is 4.11. The molecule has 1 aromatic carbocycles. The second-order valence-corrected chi connectivity index (χ2v) is 9.57. The molecule has 3 N–H and O–H groups in total. The van der Waals surface area contributed by atoms with Gasteiger partial charge in [-0.05, 0) is 72.4 Å². The second kappa shape index (κ2) is 11.5. The number of hydrogen-bond donors (Lipinski definition) is 3. The number of nitrogens with zero attached hydrogens (tertiary/aromatic N) is 3. The lowest BCUT2D eigenvalue weighted by atomic mass is 9.99. The highest BCUT2D eigenvalue weighted by molar-refractivity contribution is 6.04. The minimum atomic E-state index is -0.192. The maximum atomic E-state index is 13.0. The summed E-state index contributed by atoms with van der Waals surface area (Å²) in [5.41, 5.74) is 5.33. The maximum absolute atomic E-state index is 13.0. The van der Waals surface area contributed by atoms with Crippen molar-refractivity contribution in [2.75, 3.05) is 48.4 Å². The van der Waals surface area contributed by atoms with E-state index in [9.17, 15) is 9.90 Å². The van der Waals surface area contributed by atoms with Gasteiger partial charge in [0.05, 0.1) is 25.4 Å². The van der Waals surface area contributed by atoms with Gasteiger partial charge < -0.3 is 25.4 Å². The van der Waals surface area contributed by atoms with Gasteiger partial charge in [0.15, 0.2) is 0 Å². The summed E-state index contributed by atoms with van der Waals surface area (Å²) in [6.45, 7) is 11.0. The number of aliphatic hydroxyl groups is 1. The number of morpholine rings is 1. The smallest absolute Gasteiger partial charge is 0.257 e. The van der Waals surface area contributed by atoms with Gasteiger partial charge in [0.1, 0.15) is 11.6 Å². The second-order valence-electron chi connectivity index (χ2n) is 9.57. The van der Waals surface area contributed by atoms with Gasteiger partial charge in [-0.15, -0.1) is 0 Å². The predicted molar refractivity (Wildman–Crippen MR) is 144 cm³/mol. The van der Waals surface area contributed by atoms with Crippen molar-refractivity contribution in [2.24, 2.45) is 0 Å². The minimum absolute atomic E-state index is 0.00616. The molecule has 3 aromatic rings. The summed E-state index contributed by atoms with van der Waals surface area (Å²) < 4.78 is 5.51. The number of carbonyl (C=O) groups excluding carboxylic acids is 1. The molecule has 1 aliphatic heterocycles. The van der Waals surface area contributed by atoms with Crippen LogP contribution in [0.1, 0.15) is 48.2 Å². The highest BCUT2D eigenvalue weighted by Gasteiger charge is 2.17. The molecule has 0 saturated carbocycles. The number of aryl methyl sites for hydroxylation is 1. The fourth-order valence-electron chi connectivity index (χ4n) is 4.11. The Morgan fingerprint density at radius 1 is 1.11 bits per heavy atom. The third kappa shape index (κ3) is 6.19. The predicted octanol–water partition coefficient (Wildman–Crippen LogP) is 4.46. The largest absolute Gasteiger partial charge is 0.394 e. The lowest BCUT2D eigenvalue weighted by Gasteiger charge is -2.29. The van der Waals surface area contributed by atoms with Crippen molar-refractivity contribution in [2.45, 2.75) is 39.7 Å². The summed E-state index contributed by atoms with van der Waals surface area (Å²) in [5, 5.41) is 15.9. The number of carbonyl (C=O) groups is 1. The number of nitrogens with one attached hydrogen (secondary N) is 2. The lowest BCUT2D eigenvalue weighted by molar-refractivity contribution is 0.102. The Bertz CT molecular complexity index is 1210. The number of aliphatic hydroxyl groups excluding tert-OH is 1. The van der Waals surface area contributed by atoms with E-state index in [4.69, 9.17) is 9.72 Å². The first kappa shape index (κ1) is 25.6. The number of benzene rings is 1. The van der Waals surface area contributed by atoms with Crippen LogP contribution >= 0.6 is 0 Å². The Labute approximate surface area is 212 Å². The summed E-state index contributed by atoms with van der Waals surface area (Å²) in [6.07, 6.45) is 3.39. The number of anilines is 3. The first-order chi connectivity index (χ1) is 17.3. The van der Waals surface area contributed by atoms with E-state index in [0.717, 1.165) is 41.2 Å². The van der Waals surface area contributed by atoms with Crippen LogP contribution in [0.3, 0.4) is 0 Å². The molecule has 190 valence electrons. The van der Waals surface area contributed by atoms with Crippen LogP contribution in [0.5, 0.6) is 0 Å². The number of ether oxygens (including phenoxy) is 1. The van der Waals surface area contributed by atoms with E-state index in [-0.39, 0.29) is 18.6 Å². The van der Waals surface area contributed by atoms with Crippen LogP contribution in [0.15, 0.2) is 48.8 Å². The van der Waals surface area contributed by atoms with Gasteiger partial charge in [0.2, 0.25) is 0 Å². The first-order valence-corrected chi connectivity index (χ1v) is 12.4. The molecule has 8 heteroatoms. The van der Waals surface area contributed by atoms with Gasteiger partial charge in [-0.3, -0.25) is 9.78 Å². The molecule has 0 unspecified atom stereocenters. The van der Waals surface area contributed by atoms with Gasteiger partial charge in [-0.25, -0.2) is 4.98 Å². The Morgan fingerprint density at radius 2 is 1.89 bits per heavy atom. The molecule has 0 radical (unpaired) electrons. The zero-order chi connectivity index (χ0) is 25.7. The van der Waals surface area contributed by atoms with E-state index >= 15 is 0 Å². The number of hydrogen-bond acceptors (Lipinski definition) is 7. The van der Waals surface area contributed by atoms with Crippen molar-refractivity contribution >= 4 is 23.2 Å². The average Bonchev–Trinajstić information content (AvgIpc) is 2.90. The fraction of sp³-hybridized carbons (Fsp3) is 0.393. The van der Waals surface area contributed by atoms with Crippen molar-refractivity contribution in [3.8, 4) is 11.1 Å². The van der Waals surface area contributed by atoms with E-state index in [2.05, 4.69) is 47.4 Å². The number of pyridine rings is 2. The Balaban J connectivity index is 1.66. The summed E-state index contributed by atoms with van der Waals surface area (Å²) >= 11 is 0. The van der Waals surface area contributed by atoms with Gasteiger partial charge in [0.25, 0.3) is 5.91 Å². The molecule has 36 heavy (non-hydrogen) atoms. The van der Waals surface area contributed by atoms with Crippen LogP contribution in [-0.2, 0) is 4.74 Å². The topological polar surface area (TPSA) is 99.6 Å². The highest BCUT2D eigenvalue weighted by Crippen LogP contribution is 2.32. The molecule has 1 amide bonds. The summed E-state index contributed by atoms with van der Waals surface area (Å²) in [4.78, 5) is 24.2. The molecule has 0 aliphatic carbocycles. The Hall–Kier alpha value is -3.49. The summed E-state index contributed by atoms with van der Waals surface area (Å²) in [7, 11) is 0. The monoisotopic (exact) mass is 489 g/mol. The van der Waals surface area contributed by atoms with E-state index in [1.807, 2.05) is 37.3 Å². The van der Waals surface area contributed by atoms with Crippen LogP contribution < -0.4 is 15.5 Å². The van der Waals surface area contributed by atoms with E-state index < -0.39 is 0 Å². The van der Waals surface area contributed by atoms with Crippen molar-refractivity contribution in [3.63, 3.8) is 0 Å². The van der Waals surface area contributed by atoms with Crippen LogP contribution in [0.25, 0.3) is 11.1 Å². The van der Waals surface area contributed by atoms with Crippen LogP contribution in [0.4, 0.5) is 17.3 Å². The van der Waals surface area contributed by atoms with Crippen LogP contribution in [-0.4, -0.2) is 59.9 Å². The van der Waals surface area contributed by atoms with E-state index in [0.29, 0.717) is 36.2 Å². The quantitative estimate of drug-likeness (QED) is 0.430. The summed E-state index contributed by atoms with van der Waals surface area (Å²) in [6, 6.07) is 11.7. The van der Waals surface area contributed by atoms with E-state index in [1.54, 1.807) is 12.4 Å². The third-order valence-electron chi connectivity index (χ3n) is 6.31. The number of amides is 1. The molecular weight excluding hydrogens is 454 g/mol. The van der Waals surface area contributed by atoms with Gasteiger partial charge in [-0.2, -0.15) is 0 Å². The molecular formula is C28H35N5O3. The Kier molecular flexibility index (Phi) is 8.18. The van der Waals surface area contributed by atoms with Crippen molar-refractivity contribution in [3.05, 3.63) is 65.5 Å². The van der Waals surface area contributed by atoms with Crippen LogP contribution in [0.2, 0.25) is 0 Å². The Morgan fingerprint density at radius 3 is 2.61 bits per heavy atom. The van der Waals surface area contributed by atoms with Gasteiger partial charge in [0, 0.05) is 37.2 Å². The summed E-state index contributed by atoms with van der Waals surface area (Å²) in [5.74, 6) is 1.65. The molecule has 4 rings (SSSR count). The van der Waals surface area contributed by atoms with Gasteiger partial charge in [-0.1, -0.05) is 19.9 Å². The molecule has 2 aromatic heterocycles. The minimum Gasteiger partial charge on any atom is -0.394 e. The van der Waals surface area contributed by atoms with Crippen molar-refractivity contribution in [1.29, 1.82) is 0 Å². The zero-order valence-electron chi connectivity index (χ0n) is 21.4. The van der Waals surface area contributed by atoms with Crippen molar-refractivity contribution < 1.29 is 14.6 Å². The molecule has 8 nitrogen and oxygen atoms in total. The van der Waals surface area contributed by atoms with Crippen molar-refractivity contribution in [1.82, 2.24) is 9.97 Å². The van der Waals surface area contributed by atoms with Gasteiger partial charge >= 0.3 is 0 Å². The maximum Gasteiger partial charge on any atom is 0.257 e. The lowest BCUT2D eigenvalue weighted by Crippen LogP contribution is -2.37. The molecule has 0 spiro atoms. The number of rotatable bonds is 8. The molecule has 0 bridgehead atoms. The van der Waals surface area contributed by atoms with E-state index in [1.165, 1.54) is 0 Å². The molecule has 1 saturated heterocycles. The standard InChI is InChI=1S/C28H35N5O3/c1-18(2)22-11-23(16-29-15-22)28(35)31-24-6-5-19(3)25(14-24)21-12-26(30-20(4)17-34)32-27(13-21)33-7-9-36-10-8-33/h5-6,11-16,18,20,34H,7-10,17H2,1-4H3,(H,30,32)(H,31,35)/t20-/m1/s1. The molecule has 1 fully saturated rings.